The highest BCUT2D eigenvalue weighted by Gasteiger charge is 2.25. The number of thiophene rings is 3. The van der Waals surface area contributed by atoms with Crippen molar-refractivity contribution in [2.24, 2.45) is 0 Å². The summed E-state index contributed by atoms with van der Waals surface area (Å²) in [6.45, 7) is 13.0. The van der Waals surface area contributed by atoms with E-state index in [0.717, 1.165) is 172 Å². The van der Waals surface area contributed by atoms with E-state index in [1.165, 1.54) is 137 Å². The Kier molecular flexibility index (Phi) is 28.2. The Morgan fingerprint density at radius 3 is 0.933 bits per heavy atom. The second kappa shape index (κ2) is 38.8. The van der Waals surface area contributed by atoms with Crippen molar-refractivity contribution in [3.63, 3.8) is 0 Å². The standard InChI is InChI=1S/C27H27ClFN5O4S2.C26H25ClFN5O5S2.C26H25ClFN5O4S2/c28-24-8-9-25(39-24)40(37,38)32-27(36)31-20-5-7-23(22(29)17-20)34-14-10-18-16-19(4-6-21(18)26(34)35)30-11-15-33-12-2-1-3-13-33;27-23-5-6-24(39-23)40(36,37)31-26(35)30-19-2-4-22(21(28)16-19)33-9-7-17-15-18(1-3-20(17)25(33)34)29-8-10-32-11-13-38-14-12-32;27-23-7-8-24(38-23)39(36,37)31-26(35)30-19-4-6-22(21(28)16-19)33-13-9-17-15-18(3-5-20(17)25(33)34)29-10-14-32-11-1-2-12-32/h4-10,14,16-17,30H,1-3,11-13,15H2,(H2,31,32,36);1-7,9,15-16,29H,8,10-14H2,(H2,30,31,35);3-9,13,15-16,29H,1-2,10-12,14H2,(H2,30,31,35). The molecule has 3 fully saturated rings. The zero-order valence-electron chi connectivity index (χ0n) is 63.0. The number of urea groups is 3. The van der Waals surface area contributed by atoms with Crippen LogP contribution < -0.4 is 62.7 Å². The molecule has 119 heavy (non-hydrogen) atoms. The minimum Gasteiger partial charge on any atom is -0.384 e. The number of nitrogens with zero attached hydrogens (tertiary/aromatic N) is 6. The van der Waals surface area contributed by atoms with Gasteiger partial charge in [-0.05, 0) is 232 Å². The number of amides is 6. The number of aromatic nitrogens is 3. The van der Waals surface area contributed by atoms with E-state index in [2.05, 4.69) is 46.6 Å². The van der Waals surface area contributed by atoms with Crippen molar-refractivity contribution >= 4 is 183 Å². The molecule has 28 nitrogen and oxygen atoms in total. The van der Waals surface area contributed by atoms with Crippen LogP contribution >= 0.6 is 68.8 Å². The molecule has 6 amide bonds. The maximum Gasteiger partial charge on any atom is 0.333 e. The number of rotatable bonds is 24. The SMILES string of the molecule is O=C(Nc1ccc(-n2ccc3cc(NCCN4CCCC4)ccc3c2=O)c(F)c1)NS(=O)(=O)c1ccc(Cl)s1.O=C(Nc1ccc(-n2ccc3cc(NCCN4CCCCC4)ccc3c2=O)c(F)c1)NS(=O)(=O)c1ccc(Cl)s1.O=C(Nc1ccc(-n2ccc3cc(NCCN4CCOCC4)ccc3c2=O)c(F)c1)NS(=O)(=O)c1ccc(Cl)s1. The Balaban J connectivity index is 0.000000155. The maximum atomic E-state index is 15.1. The number of anilines is 6. The zero-order valence-corrected chi connectivity index (χ0v) is 70.1. The van der Waals surface area contributed by atoms with E-state index in [0.29, 0.717) is 21.5 Å². The Labute approximate surface area is 707 Å². The summed E-state index contributed by atoms with van der Waals surface area (Å²) in [5, 5.41) is 20.5. The van der Waals surface area contributed by atoms with Gasteiger partial charge in [0.1, 0.15) is 30.1 Å². The number of nitrogens with one attached hydrogen (secondary N) is 9. The van der Waals surface area contributed by atoms with E-state index in [1.54, 1.807) is 36.4 Å². The van der Waals surface area contributed by atoms with Crippen LogP contribution in [0.4, 0.5) is 61.7 Å². The molecule has 0 radical (unpaired) electrons. The molecule has 40 heteroatoms. The van der Waals surface area contributed by atoms with Crippen LogP contribution in [0.1, 0.15) is 32.1 Å². The van der Waals surface area contributed by atoms with Crippen LogP contribution in [0.2, 0.25) is 13.0 Å². The van der Waals surface area contributed by atoms with E-state index < -0.39 is 82.3 Å². The normalized spacial score (nSPS) is 14.2. The number of halogens is 6. The molecular weight excluding hydrogens is 1720 g/mol. The van der Waals surface area contributed by atoms with Crippen molar-refractivity contribution in [1.82, 2.24) is 42.6 Å². The van der Waals surface area contributed by atoms with Gasteiger partial charge in [0, 0.05) is 121 Å². The molecular formula is C79H77Cl3F3N15O13S6. The molecule has 0 aliphatic carbocycles. The van der Waals surface area contributed by atoms with Gasteiger partial charge in [-0.1, -0.05) is 41.2 Å². The lowest BCUT2D eigenvalue weighted by molar-refractivity contribution is 0.0398. The van der Waals surface area contributed by atoms with Crippen LogP contribution in [0.5, 0.6) is 0 Å². The molecule has 9 heterocycles. The van der Waals surface area contributed by atoms with Gasteiger partial charge in [-0.25, -0.2) is 67.0 Å². The number of likely N-dealkylation sites (tertiary alicyclic amines) is 2. The predicted molar refractivity (Wildman–Crippen MR) is 463 cm³/mol. The van der Waals surface area contributed by atoms with Gasteiger partial charge in [-0.2, -0.15) is 0 Å². The highest BCUT2D eigenvalue weighted by molar-refractivity contribution is 7.93. The first kappa shape index (κ1) is 86.5. The van der Waals surface area contributed by atoms with Crippen molar-refractivity contribution in [1.29, 1.82) is 0 Å². The number of hydrogen-bond donors (Lipinski definition) is 9. The lowest BCUT2D eigenvalue weighted by Crippen LogP contribution is -2.39. The topological polar surface area (TPSA) is 347 Å². The molecule has 6 aromatic carbocycles. The number of piperidine rings is 1. The molecule has 12 aromatic rings. The van der Waals surface area contributed by atoms with Gasteiger partial charge in [-0.15, -0.1) is 34.0 Å². The summed E-state index contributed by atoms with van der Waals surface area (Å²) >= 11 is 19.7. The molecule has 0 bridgehead atoms. The lowest BCUT2D eigenvalue weighted by Gasteiger charge is -2.26. The molecule has 0 unspecified atom stereocenters. The van der Waals surface area contributed by atoms with Crippen molar-refractivity contribution in [3.05, 3.63) is 244 Å². The van der Waals surface area contributed by atoms with E-state index >= 15 is 13.2 Å². The van der Waals surface area contributed by atoms with Crippen LogP contribution in [-0.2, 0) is 34.8 Å². The summed E-state index contributed by atoms with van der Waals surface area (Å²) in [4.78, 5) is 83.4. The largest absolute Gasteiger partial charge is 0.384 e. The number of carbonyl (C=O) groups is 3. The summed E-state index contributed by atoms with van der Waals surface area (Å²) in [6.07, 6.45) is 10.8. The van der Waals surface area contributed by atoms with Crippen molar-refractivity contribution in [2.45, 2.75) is 44.7 Å². The second-order valence-electron chi connectivity index (χ2n) is 27.4. The average molecular weight is 1800 g/mol. The Hall–Kier alpha value is -10.4. The summed E-state index contributed by atoms with van der Waals surface area (Å²) < 4.78 is 134. The van der Waals surface area contributed by atoms with Gasteiger partial charge >= 0.3 is 18.1 Å². The van der Waals surface area contributed by atoms with Crippen LogP contribution in [-0.4, -0.2) is 163 Å². The third-order valence-corrected chi connectivity index (χ3v) is 28.4. The van der Waals surface area contributed by atoms with Crippen molar-refractivity contribution < 1.29 is 57.5 Å². The van der Waals surface area contributed by atoms with Gasteiger partial charge in [0.05, 0.1) is 43.3 Å². The number of hydrogen-bond acceptors (Lipinski definition) is 22. The maximum absolute atomic E-state index is 15.1. The van der Waals surface area contributed by atoms with Crippen LogP contribution in [0.25, 0.3) is 49.4 Å². The van der Waals surface area contributed by atoms with E-state index in [4.69, 9.17) is 39.5 Å². The Morgan fingerprint density at radius 2 is 0.647 bits per heavy atom. The quantitative estimate of drug-likeness (QED) is 0.0271. The molecule has 0 spiro atoms. The third-order valence-electron chi connectivity index (χ3n) is 19.3. The monoisotopic (exact) mass is 1800 g/mol. The molecule has 3 saturated heterocycles. The number of ether oxygens (including phenoxy) is 1. The lowest BCUT2D eigenvalue weighted by atomic mass is 10.1. The Bertz CT molecular complexity index is 6090. The summed E-state index contributed by atoms with van der Waals surface area (Å²) in [7, 11) is -12.4. The summed E-state index contributed by atoms with van der Waals surface area (Å²) in [5.41, 5.74) is 1.46. The highest BCUT2D eigenvalue weighted by Crippen LogP contribution is 2.31. The number of fused-ring (bicyclic) bond motifs is 3. The van der Waals surface area contributed by atoms with Crippen LogP contribution in [0.3, 0.4) is 0 Å². The van der Waals surface area contributed by atoms with Gasteiger partial charge in [-0.3, -0.25) is 33.0 Å². The van der Waals surface area contributed by atoms with Crippen molar-refractivity contribution in [3.8, 4) is 17.1 Å². The molecule has 3 aliphatic heterocycles. The molecule has 3 aliphatic rings. The van der Waals surface area contributed by atoms with Gasteiger partial charge < -0.3 is 46.4 Å². The number of carbonyl (C=O) groups excluding carboxylic acids is 3. The third kappa shape index (κ3) is 22.4. The molecule has 6 aromatic heterocycles. The first-order chi connectivity index (χ1) is 57.1. The van der Waals surface area contributed by atoms with E-state index in [-0.39, 0.29) is 59.8 Å². The molecule has 0 saturated carbocycles. The van der Waals surface area contributed by atoms with Crippen LogP contribution in [0, 0.1) is 17.5 Å². The Morgan fingerprint density at radius 1 is 0.361 bits per heavy atom. The van der Waals surface area contributed by atoms with E-state index in [9.17, 15) is 54.0 Å². The van der Waals surface area contributed by atoms with E-state index in [1.807, 2.05) is 50.6 Å². The number of sulfonamides is 3. The minimum atomic E-state index is -4.14. The number of morpholine rings is 1. The van der Waals surface area contributed by atoms with Crippen LogP contribution in [0.15, 0.2) is 209 Å². The zero-order chi connectivity index (χ0) is 84.1. The molecule has 15 rings (SSSR count). The second-order valence-corrected chi connectivity index (χ2v) is 38.3. The van der Waals surface area contributed by atoms with Gasteiger partial charge in [0.25, 0.3) is 46.7 Å². The number of pyridine rings is 3. The fraction of sp³-hybridized carbons (Fsp3) is 0.241. The van der Waals surface area contributed by atoms with Crippen molar-refractivity contribution in [2.75, 3.05) is 124 Å². The first-order valence-corrected chi connectivity index (χ1v) is 45.2. The smallest absolute Gasteiger partial charge is 0.333 e. The summed E-state index contributed by atoms with van der Waals surface area (Å²) in [5.74, 6) is -2.33. The summed E-state index contributed by atoms with van der Waals surface area (Å²) in [6, 6.07) is 37.4. The molecule has 624 valence electrons. The average Bonchev–Trinajstić information content (AvgIpc) is 1.64. The fourth-order valence-corrected chi connectivity index (χ4v) is 20.6. The van der Waals surface area contributed by atoms with Gasteiger partial charge in [0.2, 0.25) is 0 Å². The molecule has 0 atom stereocenters. The fourth-order valence-electron chi connectivity index (χ4n) is 13.4. The number of benzene rings is 6. The first-order valence-electron chi connectivity index (χ1n) is 37.2. The highest BCUT2D eigenvalue weighted by atomic mass is 35.5. The van der Waals surface area contributed by atoms with Gasteiger partial charge in [0.15, 0.2) is 0 Å². The predicted octanol–water partition coefficient (Wildman–Crippen LogP) is 14.2. The minimum absolute atomic E-state index is 0.000189. The molecule has 9 N–H and O–H groups in total.